The summed E-state index contributed by atoms with van der Waals surface area (Å²) in [5.74, 6) is 0. The Morgan fingerprint density at radius 1 is 0.750 bits per heavy atom. The van der Waals surface area contributed by atoms with Gasteiger partial charge >= 0.3 is 53.0 Å². The minimum absolute atomic E-state index is 0. The second kappa shape index (κ2) is 23.3. The van der Waals surface area contributed by atoms with Crippen LogP contribution in [0.1, 0.15) is 0 Å². The van der Waals surface area contributed by atoms with E-state index in [-0.39, 0.29) is 58.5 Å². The molecular weight excluding hydrogens is 133 g/mol. The molecule has 0 saturated heterocycles. The minimum Gasteiger partial charge on any atom is -2.00 e. The van der Waals surface area contributed by atoms with Crippen LogP contribution in [-0.2, 0) is 39.6 Å². The second-order valence-corrected chi connectivity index (χ2v) is 0. The molecule has 0 fully saturated rings. The van der Waals surface area contributed by atoms with Gasteiger partial charge in [0, 0.05) is 0 Å². The van der Waals surface area contributed by atoms with Gasteiger partial charge in [-0.05, 0) is 0 Å². The molecule has 0 spiro atoms. The van der Waals surface area contributed by atoms with E-state index in [0.717, 1.165) is 0 Å². The zero-order chi connectivity index (χ0) is 0. The maximum atomic E-state index is 0. The topological polar surface area (TPSA) is 28.5 Å². The van der Waals surface area contributed by atoms with Gasteiger partial charge in [-0.2, -0.15) is 0 Å². The fourth-order valence-corrected chi connectivity index (χ4v) is 0. The van der Waals surface area contributed by atoms with Crippen LogP contribution in [0.5, 0.6) is 0 Å². The van der Waals surface area contributed by atoms with Crippen molar-refractivity contribution in [2.24, 2.45) is 0 Å². The monoisotopic (exact) mass is 133 g/mol. The maximum Gasteiger partial charge on any atom is 2.00 e. The molecule has 0 amide bonds. The van der Waals surface area contributed by atoms with Crippen molar-refractivity contribution in [2.45, 2.75) is 0 Å². The van der Waals surface area contributed by atoms with Gasteiger partial charge in [0.05, 0.1) is 0 Å². The van der Waals surface area contributed by atoms with E-state index in [1.54, 1.807) is 0 Å². The van der Waals surface area contributed by atoms with E-state index in [1.165, 1.54) is 0 Å². The van der Waals surface area contributed by atoms with Crippen molar-refractivity contribution in [1.82, 2.24) is 0 Å². The minimum atomic E-state index is 0. The number of hydrogen-bond donors (Lipinski definition) is 0. The first kappa shape index (κ1) is 46.4. The first-order valence-corrected chi connectivity index (χ1v) is 0. The Hall–Kier alpha value is 1.60. The fourth-order valence-electron chi connectivity index (χ4n) is 0. The van der Waals surface area contributed by atoms with E-state index in [2.05, 4.69) is 0 Å². The predicted molar refractivity (Wildman–Crippen MR) is 0.686 cm³/mol. The van der Waals surface area contributed by atoms with Gasteiger partial charge in [0.15, 0.2) is 0 Å². The molecule has 4 heavy (non-hydrogen) atoms. The van der Waals surface area contributed by atoms with E-state index in [0.29, 0.717) is 0 Å². The van der Waals surface area contributed by atoms with Crippen molar-refractivity contribution >= 4 is 0 Å². The Morgan fingerprint density at radius 2 is 0.750 bits per heavy atom. The summed E-state index contributed by atoms with van der Waals surface area (Å²) in [5.41, 5.74) is 0. The van der Waals surface area contributed by atoms with Gasteiger partial charge < -0.3 is 5.48 Å². The van der Waals surface area contributed by atoms with Gasteiger partial charge in [0.2, 0.25) is 0 Å². The summed E-state index contributed by atoms with van der Waals surface area (Å²) in [6, 6.07) is 0. The smallest absolute Gasteiger partial charge is 2.00 e. The van der Waals surface area contributed by atoms with Gasteiger partial charge in [-0.25, -0.2) is 0 Å². The molecule has 0 aliphatic heterocycles. The molecule has 0 bridgehead atoms. The van der Waals surface area contributed by atoms with Crippen molar-refractivity contribution in [3.05, 3.63) is 0 Å². The SMILES string of the molecule is [Li+].[Mn+2].[Mn+2].[O-2]. The van der Waals surface area contributed by atoms with Crippen molar-refractivity contribution in [2.75, 3.05) is 0 Å². The van der Waals surface area contributed by atoms with Crippen LogP contribution in [0, 0.1) is 0 Å². The molecule has 0 aliphatic rings. The molecule has 0 aromatic heterocycles. The van der Waals surface area contributed by atoms with Crippen LogP contribution < -0.4 is 18.9 Å². The van der Waals surface area contributed by atoms with Crippen molar-refractivity contribution in [3.63, 3.8) is 0 Å². The Labute approximate surface area is 58.3 Å². The number of rotatable bonds is 0. The van der Waals surface area contributed by atoms with Crippen LogP contribution in [-0.4, -0.2) is 0 Å². The quantitative estimate of drug-likeness (QED) is 0.313. The van der Waals surface area contributed by atoms with E-state index >= 15 is 0 Å². The largest absolute Gasteiger partial charge is 2.00 e. The molecule has 1 nitrogen and oxygen atoms in total. The molecule has 0 saturated carbocycles. The molecule has 0 heterocycles. The summed E-state index contributed by atoms with van der Waals surface area (Å²) in [4.78, 5) is 0. The molecule has 0 N–H and O–H groups in total. The normalized spacial score (nSPS) is 0. The van der Waals surface area contributed by atoms with Crippen LogP contribution >= 0.6 is 0 Å². The van der Waals surface area contributed by atoms with Gasteiger partial charge in [0.25, 0.3) is 0 Å². The maximum absolute atomic E-state index is 0. The van der Waals surface area contributed by atoms with Crippen LogP contribution in [0.3, 0.4) is 0 Å². The van der Waals surface area contributed by atoms with Crippen LogP contribution in [0.25, 0.3) is 0 Å². The molecule has 0 atom stereocenters. The van der Waals surface area contributed by atoms with Gasteiger partial charge in [-0.1, -0.05) is 0 Å². The van der Waals surface area contributed by atoms with Gasteiger partial charge in [-0.15, -0.1) is 0 Å². The van der Waals surface area contributed by atoms with E-state index < -0.39 is 0 Å². The third kappa shape index (κ3) is 9.51. The summed E-state index contributed by atoms with van der Waals surface area (Å²) in [5, 5.41) is 0. The summed E-state index contributed by atoms with van der Waals surface area (Å²) in [6.07, 6.45) is 0. The van der Waals surface area contributed by atoms with Crippen molar-refractivity contribution < 1.29 is 58.5 Å². The molecule has 0 unspecified atom stereocenters. The van der Waals surface area contributed by atoms with E-state index in [9.17, 15) is 0 Å². The van der Waals surface area contributed by atoms with Gasteiger partial charge in [0.1, 0.15) is 0 Å². The summed E-state index contributed by atoms with van der Waals surface area (Å²) < 4.78 is 0. The molecule has 4 heteroatoms. The van der Waals surface area contributed by atoms with Crippen LogP contribution in [0.2, 0.25) is 0 Å². The van der Waals surface area contributed by atoms with Gasteiger partial charge in [-0.3, -0.25) is 0 Å². The van der Waals surface area contributed by atoms with Crippen molar-refractivity contribution in [3.8, 4) is 0 Å². The summed E-state index contributed by atoms with van der Waals surface area (Å²) in [6.45, 7) is 0. The first-order chi connectivity index (χ1) is 0. The molecule has 18 valence electrons. The third-order valence-electron chi connectivity index (χ3n) is 0. The zero-order valence-corrected chi connectivity index (χ0v) is 4.53. The zero-order valence-electron chi connectivity index (χ0n) is 2.16. The van der Waals surface area contributed by atoms with E-state index in [1.807, 2.05) is 0 Å². The molecule has 0 aliphatic carbocycles. The standard InChI is InChI=1S/Li.2Mn.O/q+1;2*+2;-2. The van der Waals surface area contributed by atoms with Crippen molar-refractivity contribution in [1.29, 1.82) is 0 Å². The summed E-state index contributed by atoms with van der Waals surface area (Å²) in [7, 11) is 0. The Bertz CT molecular complexity index is 6.00. The average Bonchev–Trinajstić information content (AvgIpc) is 0. The summed E-state index contributed by atoms with van der Waals surface area (Å²) >= 11 is 0. The average molecular weight is 133 g/mol. The Balaban J connectivity index is 0. The van der Waals surface area contributed by atoms with E-state index in [4.69, 9.17) is 0 Å². The second-order valence-electron chi connectivity index (χ2n) is 0. The third-order valence-corrected chi connectivity index (χ3v) is 0. The molecular formula is LiMn2O+3. The van der Waals surface area contributed by atoms with Crippen LogP contribution in [0.4, 0.5) is 0 Å². The molecule has 0 rings (SSSR count). The van der Waals surface area contributed by atoms with Crippen LogP contribution in [0.15, 0.2) is 0 Å². The molecule has 0 aromatic rings. The Morgan fingerprint density at radius 3 is 0.750 bits per heavy atom. The first-order valence-electron chi connectivity index (χ1n) is 0. The molecule has 0 aromatic carbocycles. The number of hydrogen-bond acceptors (Lipinski definition) is 0. The Kier molecular flexibility index (Phi) is 271. The molecule has 2 radical (unpaired) electrons. The fraction of sp³-hybridized carbons (Fsp3) is 0. The predicted octanol–water partition coefficient (Wildman–Crippen LogP) is -3.12.